The zero-order chi connectivity index (χ0) is 18.5. The first kappa shape index (κ1) is 18.4. The first-order valence-electron chi connectivity index (χ1n) is 9.32. The number of guanidine groups is 1. The molecule has 1 aliphatic rings. The van der Waals surface area contributed by atoms with Gasteiger partial charge in [-0.05, 0) is 56.2 Å². The number of aliphatic imine (C=N–C) groups is 1. The summed E-state index contributed by atoms with van der Waals surface area (Å²) in [4.78, 5) is 8.44. The summed E-state index contributed by atoms with van der Waals surface area (Å²) in [7, 11) is 1.77. The van der Waals surface area contributed by atoms with Crippen molar-refractivity contribution >= 4 is 5.96 Å². The first-order valence-corrected chi connectivity index (χ1v) is 9.32. The number of imidazole rings is 1. The Balaban J connectivity index is 1.58. The molecule has 0 saturated heterocycles. The van der Waals surface area contributed by atoms with E-state index in [0.717, 1.165) is 23.3 Å². The Labute approximate surface area is 154 Å². The Bertz CT molecular complexity index is 759. The van der Waals surface area contributed by atoms with Crippen LogP contribution in [0.15, 0.2) is 35.6 Å². The minimum Gasteiger partial charge on any atom is -0.354 e. The number of nitrogens with one attached hydrogen (secondary N) is 2. The summed E-state index contributed by atoms with van der Waals surface area (Å²) in [6.07, 6.45) is 8.31. The van der Waals surface area contributed by atoms with Crippen molar-refractivity contribution in [3.8, 4) is 5.69 Å². The average Bonchev–Trinajstić information content (AvgIpc) is 3.06. The summed E-state index contributed by atoms with van der Waals surface area (Å²) >= 11 is 0. The first-order chi connectivity index (χ1) is 12.6. The fourth-order valence-corrected chi connectivity index (χ4v) is 3.47. The lowest BCUT2D eigenvalue weighted by Crippen LogP contribution is -2.44. The van der Waals surface area contributed by atoms with E-state index < -0.39 is 0 Å². The molecule has 1 aliphatic carbocycles. The van der Waals surface area contributed by atoms with E-state index in [-0.39, 0.29) is 5.82 Å². The number of benzene rings is 1. The van der Waals surface area contributed by atoms with Crippen LogP contribution in [0, 0.1) is 18.7 Å². The Morgan fingerprint density at radius 2 is 2.08 bits per heavy atom. The van der Waals surface area contributed by atoms with Crippen molar-refractivity contribution in [3.05, 3.63) is 47.8 Å². The molecule has 0 atom stereocenters. The standard InChI is InChI=1S/C20H28FN5/c1-14-4-7-17(8-5-14)25-20(22-3)24-13-16-6-9-19(18(21)12-16)26-11-10-23-15(26)2/h6,9-12,14,17H,4-5,7-8,13H2,1-3H3,(H2,22,24,25). The van der Waals surface area contributed by atoms with Gasteiger partial charge in [0.05, 0.1) is 5.69 Å². The van der Waals surface area contributed by atoms with Gasteiger partial charge in [0.2, 0.25) is 0 Å². The molecule has 1 aromatic heterocycles. The van der Waals surface area contributed by atoms with Crippen LogP contribution in [0.5, 0.6) is 0 Å². The molecule has 140 valence electrons. The molecule has 2 aromatic rings. The topological polar surface area (TPSA) is 54.2 Å². The predicted molar refractivity (Wildman–Crippen MR) is 103 cm³/mol. The van der Waals surface area contributed by atoms with E-state index in [1.807, 2.05) is 13.0 Å². The lowest BCUT2D eigenvalue weighted by molar-refractivity contribution is 0.329. The van der Waals surface area contributed by atoms with Crippen LogP contribution < -0.4 is 10.6 Å². The van der Waals surface area contributed by atoms with Crippen LogP contribution in [0.3, 0.4) is 0 Å². The Hall–Kier alpha value is -2.37. The van der Waals surface area contributed by atoms with Crippen LogP contribution in [0.1, 0.15) is 44.0 Å². The van der Waals surface area contributed by atoms with Crippen molar-refractivity contribution in [2.45, 2.75) is 52.1 Å². The molecule has 0 radical (unpaired) electrons. The van der Waals surface area contributed by atoms with E-state index in [1.54, 1.807) is 36.1 Å². The van der Waals surface area contributed by atoms with Crippen molar-refractivity contribution in [2.24, 2.45) is 10.9 Å². The van der Waals surface area contributed by atoms with Crippen LogP contribution in [0.2, 0.25) is 0 Å². The number of aromatic nitrogens is 2. The number of rotatable bonds is 4. The summed E-state index contributed by atoms with van der Waals surface area (Å²) in [5.41, 5.74) is 1.40. The van der Waals surface area contributed by atoms with E-state index in [4.69, 9.17) is 0 Å². The Kier molecular flexibility index (Phi) is 5.91. The molecular weight excluding hydrogens is 329 g/mol. The monoisotopic (exact) mass is 357 g/mol. The summed E-state index contributed by atoms with van der Waals surface area (Å²) in [5.74, 6) is 2.11. The van der Waals surface area contributed by atoms with Gasteiger partial charge in [-0.1, -0.05) is 13.0 Å². The maximum atomic E-state index is 14.5. The van der Waals surface area contributed by atoms with Gasteiger partial charge in [-0.2, -0.15) is 0 Å². The van der Waals surface area contributed by atoms with E-state index >= 15 is 0 Å². The highest BCUT2D eigenvalue weighted by Gasteiger charge is 2.18. The molecule has 1 heterocycles. The molecule has 1 aromatic carbocycles. The van der Waals surface area contributed by atoms with Crippen LogP contribution in [-0.2, 0) is 6.54 Å². The van der Waals surface area contributed by atoms with Crippen molar-refractivity contribution in [2.75, 3.05) is 7.05 Å². The van der Waals surface area contributed by atoms with E-state index in [0.29, 0.717) is 18.3 Å². The number of halogens is 1. The van der Waals surface area contributed by atoms with Crippen molar-refractivity contribution in [1.29, 1.82) is 0 Å². The van der Waals surface area contributed by atoms with Crippen molar-refractivity contribution < 1.29 is 4.39 Å². The van der Waals surface area contributed by atoms with Gasteiger partial charge in [-0.25, -0.2) is 9.37 Å². The third-order valence-electron chi connectivity index (χ3n) is 5.14. The quantitative estimate of drug-likeness (QED) is 0.650. The molecule has 1 fully saturated rings. The van der Waals surface area contributed by atoms with Crippen LogP contribution in [-0.4, -0.2) is 28.6 Å². The van der Waals surface area contributed by atoms with Crippen LogP contribution in [0.4, 0.5) is 4.39 Å². The SMILES string of the molecule is CN=C(NCc1ccc(-n2ccnc2C)c(F)c1)NC1CCC(C)CC1. The summed E-state index contributed by atoms with van der Waals surface area (Å²) < 4.78 is 16.2. The molecule has 26 heavy (non-hydrogen) atoms. The maximum absolute atomic E-state index is 14.5. The van der Waals surface area contributed by atoms with Gasteiger partial charge in [0, 0.05) is 32.0 Å². The van der Waals surface area contributed by atoms with Gasteiger partial charge < -0.3 is 15.2 Å². The summed E-state index contributed by atoms with van der Waals surface area (Å²) in [5, 5.41) is 6.78. The van der Waals surface area contributed by atoms with Crippen molar-refractivity contribution in [3.63, 3.8) is 0 Å². The zero-order valence-electron chi connectivity index (χ0n) is 15.8. The summed E-state index contributed by atoms with van der Waals surface area (Å²) in [6, 6.07) is 5.76. The Morgan fingerprint density at radius 1 is 1.31 bits per heavy atom. The molecule has 0 aliphatic heterocycles. The minimum atomic E-state index is -0.255. The van der Waals surface area contributed by atoms with E-state index in [2.05, 4.69) is 27.5 Å². The van der Waals surface area contributed by atoms with Crippen molar-refractivity contribution in [1.82, 2.24) is 20.2 Å². The third-order valence-corrected chi connectivity index (χ3v) is 5.14. The van der Waals surface area contributed by atoms with E-state index in [9.17, 15) is 4.39 Å². The molecule has 1 saturated carbocycles. The number of aryl methyl sites for hydroxylation is 1. The van der Waals surface area contributed by atoms with E-state index in [1.165, 1.54) is 25.7 Å². The molecule has 6 heteroatoms. The number of nitrogens with zero attached hydrogens (tertiary/aromatic N) is 3. The van der Waals surface area contributed by atoms with Gasteiger partial charge in [0.1, 0.15) is 11.6 Å². The molecular formula is C20H28FN5. The minimum absolute atomic E-state index is 0.255. The zero-order valence-corrected chi connectivity index (χ0v) is 15.8. The average molecular weight is 357 g/mol. The van der Waals surface area contributed by atoms with Crippen LogP contribution >= 0.6 is 0 Å². The molecule has 5 nitrogen and oxygen atoms in total. The second-order valence-electron chi connectivity index (χ2n) is 7.16. The largest absolute Gasteiger partial charge is 0.354 e. The van der Waals surface area contributed by atoms with Gasteiger partial charge in [0.15, 0.2) is 5.96 Å². The normalized spacial score (nSPS) is 20.8. The highest BCUT2D eigenvalue weighted by molar-refractivity contribution is 5.79. The highest BCUT2D eigenvalue weighted by Crippen LogP contribution is 2.23. The second-order valence-corrected chi connectivity index (χ2v) is 7.16. The molecule has 0 bridgehead atoms. The fraction of sp³-hybridized carbons (Fsp3) is 0.500. The highest BCUT2D eigenvalue weighted by atomic mass is 19.1. The fourth-order valence-electron chi connectivity index (χ4n) is 3.47. The number of hydrogen-bond acceptors (Lipinski definition) is 2. The molecule has 0 spiro atoms. The summed E-state index contributed by atoms with van der Waals surface area (Å²) in [6.45, 7) is 4.70. The maximum Gasteiger partial charge on any atom is 0.191 e. The van der Waals surface area contributed by atoms with Gasteiger partial charge in [0.25, 0.3) is 0 Å². The molecule has 0 unspecified atom stereocenters. The molecule has 0 amide bonds. The van der Waals surface area contributed by atoms with Gasteiger partial charge in [-0.3, -0.25) is 4.99 Å². The number of hydrogen-bond donors (Lipinski definition) is 2. The smallest absolute Gasteiger partial charge is 0.191 e. The van der Waals surface area contributed by atoms with Gasteiger partial charge >= 0.3 is 0 Å². The van der Waals surface area contributed by atoms with Gasteiger partial charge in [-0.15, -0.1) is 0 Å². The Morgan fingerprint density at radius 3 is 2.69 bits per heavy atom. The predicted octanol–water partition coefficient (Wildman–Crippen LogP) is 3.56. The lowest BCUT2D eigenvalue weighted by atomic mass is 9.87. The lowest BCUT2D eigenvalue weighted by Gasteiger charge is -2.28. The molecule has 3 rings (SSSR count). The molecule has 2 N–H and O–H groups in total. The third kappa shape index (κ3) is 4.42. The van der Waals surface area contributed by atoms with Crippen LogP contribution in [0.25, 0.3) is 5.69 Å². The second kappa shape index (κ2) is 8.34.